The molecule has 3 aromatic rings. The summed E-state index contributed by atoms with van der Waals surface area (Å²) < 4.78 is 10.8. The number of ether oxygens (including phenoxy) is 2. The van der Waals surface area contributed by atoms with Crippen LogP contribution in [-0.2, 0) is 16.1 Å². The molecule has 6 nitrogen and oxygen atoms in total. The highest BCUT2D eigenvalue weighted by Crippen LogP contribution is 2.36. The number of benzene rings is 2. The smallest absolute Gasteiger partial charge is 0.255 e. The van der Waals surface area contributed by atoms with E-state index < -0.39 is 6.04 Å². The molecule has 2 aliphatic rings. The Morgan fingerprint density at radius 1 is 0.966 bits per heavy atom. The van der Waals surface area contributed by atoms with Crippen molar-refractivity contribution in [3.63, 3.8) is 0 Å². The van der Waals surface area contributed by atoms with Gasteiger partial charge in [0, 0.05) is 17.1 Å². The number of carbonyl (C=O) groups is 2. The van der Waals surface area contributed by atoms with E-state index in [0.717, 1.165) is 16.1 Å². The molecule has 0 unspecified atom stereocenters. The van der Waals surface area contributed by atoms with E-state index in [4.69, 9.17) is 9.47 Å². The first-order valence-corrected chi connectivity index (χ1v) is 10.2. The Kier molecular flexibility index (Phi) is 4.44. The third-order valence-corrected chi connectivity index (χ3v) is 6.02. The Morgan fingerprint density at radius 3 is 2.59 bits per heavy atom. The van der Waals surface area contributed by atoms with Gasteiger partial charge in [-0.05, 0) is 41.3 Å². The zero-order valence-electron chi connectivity index (χ0n) is 15.5. The van der Waals surface area contributed by atoms with Gasteiger partial charge in [-0.25, -0.2) is 0 Å². The van der Waals surface area contributed by atoms with E-state index in [-0.39, 0.29) is 25.2 Å². The van der Waals surface area contributed by atoms with Crippen LogP contribution in [0.2, 0.25) is 0 Å². The molecule has 2 amide bonds. The maximum Gasteiger partial charge on any atom is 0.255 e. The summed E-state index contributed by atoms with van der Waals surface area (Å²) in [5.74, 6) is 1.17. The van der Waals surface area contributed by atoms with E-state index >= 15 is 0 Å². The third-order valence-electron chi connectivity index (χ3n) is 5.10. The summed E-state index contributed by atoms with van der Waals surface area (Å²) in [6.45, 7) is 0.547. The fourth-order valence-electron chi connectivity index (χ4n) is 3.69. The quantitative estimate of drug-likeness (QED) is 0.664. The van der Waals surface area contributed by atoms with Crippen molar-refractivity contribution in [1.82, 2.24) is 4.90 Å². The van der Waals surface area contributed by atoms with E-state index in [2.05, 4.69) is 0 Å². The van der Waals surface area contributed by atoms with Gasteiger partial charge in [-0.2, -0.15) is 0 Å². The average molecular weight is 406 g/mol. The largest absolute Gasteiger partial charge is 0.454 e. The first-order chi connectivity index (χ1) is 14.2. The number of piperazine rings is 1. The van der Waals surface area contributed by atoms with Crippen LogP contribution in [0.5, 0.6) is 11.5 Å². The minimum atomic E-state index is -0.651. The predicted molar refractivity (Wildman–Crippen MR) is 109 cm³/mol. The lowest BCUT2D eigenvalue weighted by atomic mass is 10.1. The number of nitrogens with zero attached hydrogens (tertiary/aromatic N) is 2. The standard InChI is InChI=1S/C22H18N2O4S/c25-20-13-23(16-5-2-1-3-6-16)22(26)21(19-7-4-10-29-19)24(20)12-15-8-9-17-18(11-15)28-14-27-17/h1-11,21H,12-14H2/t21-/m0/s1. The van der Waals surface area contributed by atoms with Crippen molar-refractivity contribution in [1.29, 1.82) is 0 Å². The van der Waals surface area contributed by atoms with Gasteiger partial charge in [0.2, 0.25) is 12.7 Å². The fraction of sp³-hybridized carbons (Fsp3) is 0.182. The number of hydrogen-bond donors (Lipinski definition) is 0. The van der Waals surface area contributed by atoms with Gasteiger partial charge in [0.05, 0.1) is 0 Å². The summed E-state index contributed by atoms with van der Waals surface area (Å²) in [6.07, 6.45) is 0. The minimum Gasteiger partial charge on any atom is -0.454 e. The zero-order chi connectivity index (χ0) is 19.8. The van der Waals surface area contributed by atoms with Crippen molar-refractivity contribution in [3.05, 3.63) is 76.5 Å². The molecule has 3 heterocycles. The topological polar surface area (TPSA) is 59.1 Å². The average Bonchev–Trinajstić information content (AvgIpc) is 3.43. The summed E-state index contributed by atoms with van der Waals surface area (Å²) >= 11 is 1.48. The van der Waals surface area contributed by atoms with Crippen LogP contribution in [0, 0.1) is 0 Å². The molecule has 7 heteroatoms. The van der Waals surface area contributed by atoms with Crippen LogP contribution in [0.4, 0.5) is 5.69 Å². The van der Waals surface area contributed by atoms with Gasteiger partial charge in [0.15, 0.2) is 11.5 Å². The van der Waals surface area contributed by atoms with Gasteiger partial charge in [0.25, 0.3) is 5.91 Å². The molecule has 146 valence electrons. The molecule has 5 rings (SSSR count). The molecular formula is C22H18N2O4S. The van der Waals surface area contributed by atoms with Crippen LogP contribution in [0.15, 0.2) is 66.0 Å². The fourth-order valence-corrected chi connectivity index (χ4v) is 4.52. The Bertz CT molecular complexity index is 1050. The van der Waals surface area contributed by atoms with Crippen molar-refractivity contribution in [2.24, 2.45) is 0 Å². The van der Waals surface area contributed by atoms with Crippen molar-refractivity contribution in [3.8, 4) is 11.5 Å². The monoisotopic (exact) mass is 406 g/mol. The molecule has 29 heavy (non-hydrogen) atoms. The number of amides is 2. The Labute approximate surface area is 171 Å². The Morgan fingerprint density at radius 2 is 1.79 bits per heavy atom. The first kappa shape index (κ1) is 17.8. The molecule has 0 aliphatic carbocycles. The van der Waals surface area contributed by atoms with Crippen molar-refractivity contribution >= 4 is 28.8 Å². The second-order valence-electron chi connectivity index (χ2n) is 6.89. The van der Waals surface area contributed by atoms with Crippen LogP contribution in [0.1, 0.15) is 16.5 Å². The van der Waals surface area contributed by atoms with Crippen LogP contribution < -0.4 is 14.4 Å². The van der Waals surface area contributed by atoms with Crippen molar-refractivity contribution < 1.29 is 19.1 Å². The molecular weight excluding hydrogens is 388 g/mol. The molecule has 1 fully saturated rings. The van der Waals surface area contributed by atoms with Gasteiger partial charge in [-0.15, -0.1) is 11.3 Å². The maximum atomic E-state index is 13.5. The predicted octanol–water partition coefficient (Wildman–Crippen LogP) is 3.59. The second kappa shape index (κ2) is 7.25. The van der Waals surface area contributed by atoms with Gasteiger partial charge < -0.3 is 19.3 Å². The summed E-state index contributed by atoms with van der Waals surface area (Å²) in [6, 6.07) is 18.1. The van der Waals surface area contributed by atoms with Crippen LogP contribution >= 0.6 is 11.3 Å². The molecule has 0 radical (unpaired) electrons. The van der Waals surface area contributed by atoms with Crippen molar-refractivity contribution in [2.75, 3.05) is 18.2 Å². The Hall–Kier alpha value is -3.32. The van der Waals surface area contributed by atoms with E-state index in [0.29, 0.717) is 18.0 Å². The highest BCUT2D eigenvalue weighted by Gasteiger charge is 2.41. The summed E-state index contributed by atoms with van der Waals surface area (Å²) in [7, 11) is 0. The maximum absolute atomic E-state index is 13.5. The van der Waals surface area contributed by atoms with E-state index in [1.165, 1.54) is 11.3 Å². The van der Waals surface area contributed by atoms with Gasteiger partial charge in [-0.1, -0.05) is 30.3 Å². The number of anilines is 1. The van der Waals surface area contributed by atoms with Gasteiger partial charge in [-0.3, -0.25) is 9.59 Å². The highest BCUT2D eigenvalue weighted by molar-refractivity contribution is 7.10. The van der Waals surface area contributed by atoms with Crippen LogP contribution in [0.25, 0.3) is 0 Å². The summed E-state index contributed by atoms with van der Waals surface area (Å²) in [5.41, 5.74) is 1.63. The molecule has 0 spiro atoms. The molecule has 2 aliphatic heterocycles. The minimum absolute atomic E-state index is 0.0231. The normalized spacial score (nSPS) is 18.4. The van der Waals surface area contributed by atoms with E-state index in [1.807, 2.05) is 66.0 Å². The van der Waals surface area contributed by atoms with Crippen LogP contribution in [-0.4, -0.2) is 30.1 Å². The SMILES string of the molecule is O=C1[C@H](c2cccs2)N(Cc2ccc3c(c2)OCO3)C(=O)CN1c1ccccc1. The lowest BCUT2D eigenvalue weighted by Crippen LogP contribution is -2.55. The highest BCUT2D eigenvalue weighted by atomic mass is 32.1. The number of thiophene rings is 1. The summed E-state index contributed by atoms with van der Waals surface area (Å²) in [4.78, 5) is 30.7. The molecule has 1 saturated heterocycles. The second-order valence-corrected chi connectivity index (χ2v) is 7.87. The van der Waals surface area contributed by atoms with E-state index in [1.54, 1.807) is 9.80 Å². The molecule has 0 saturated carbocycles. The third kappa shape index (κ3) is 3.23. The van der Waals surface area contributed by atoms with Crippen LogP contribution in [0.3, 0.4) is 0 Å². The van der Waals surface area contributed by atoms with E-state index in [9.17, 15) is 9.59 Å². The molecule has 2 aromatic carbocycles. The number of fused-ring (bicyclic) bond motifs is 1. The molecule has 0 N–H and O–H groups in total. The van der Waals surface area contributed by atoms with Gasteiger partial charge in [0.1, 0.15) is 12.6 Å². The van der Waals surface area contributed by atoms with Gasteiger partial charge >= 0.3 is 0 Å². The number of para-hydroxylation sites is 1. The summed E-state index contributed by atoms with van der Waals surface area (Å²) in [5, 5.41) is 1.92. The number of carbonyl (C=O) groups excluding carboxylic acids is 2. The lowest BCUT2D eigenvalue weighted by molar-refractivity contribution is -0.144. The zero-order valence-corrected chi connectivity index (χ0v) is 16.3. The lowest BCUT2D eigenvalue weighted by Gasteiger charge is -2.40. The first-order valence-electron chi connectivity index (χ1n) is 9.28. The number of rotatable bonds is 4. The molecule has 1 atom stereocenters. The Balaban J connectivity index is 1.49. The molecule has 1 aromatic heterocycles. The van der Waals surface area contributed by atoms with Crippen molar-refractivity contribution in [2.45, 2.75) is 12.6 Å². The number of hydrogen-bond acceptors (Lipinski definition) is 5. The molecule has 0 bridgehead atoms.